The number of halogens is 1. The van der Waals surface area contributed by atoms with E-state index in [4.69, 9.17) is 4.74 Å². The summed E-state index contributed by atoms with van der Waals surface area (Å²) in [6, 6.07) is 1.92. The van der Waals surface area contributed by atoms with Gasteiger partial charge in [-0.2, -0.15) is 0 Å². The molecule has 1 aromatic heterocycles. The number of hydrogen-bond donors (Lipinski definition) is 1. The fourth-order valence-corrected chi connectivity index (χ4v) is 2.21. The molecule has 0 amide bonds. The molecular formula is C12H17FN2O. The lowest BCUT2D eigenvalue weighted by Gasteiger charge is -2.38. The Morgan fingerprint density at radius 2 is 2.38 bits per heavy atom. The van der Waals surface area contributed by atoms with Gasteiger partial charge in [0.25, 0.3) is 0 Å². The van der Waals surface area contributed by atoms with Crippen LogP contribution in [0.2, 0.25) is 0 Å². The summed E-state index contributed by atoms with van der Waals surface area (Å²) < 4.78 is 18.9. The van der Waals surface area contributed by atoms with Crippen LogP contribution in [0.4, 0.5) is 4.39 Å². The molecule has 2 unspecified atom stereocenters. The molecule has 1 aromatic rings. The van der Waals surface area contributed by atoms with E-state index in [9.17, 15) is 4.39 Å². The van der Waals surface area contributed by atoms with Crippen LogP contribution in [0.15, 0.2) is 18.5 Å². The van der Waals surface area contributed by atoms with Crippen LogP contribution in [0, 0.1) is 5.82 Å². The first-order valence-electron chi connectivity index (χ1n) is 5.56. The van der Waals surface area contributed by atoms with E-state index in [0.717, 1.165) is 18.4 Å². The van der Waals surface area contributed by atoms with Crippen LogP contribution >= 0.6 is 0 Å². The van der Waals surface area contributed by atoms with Crippen molar-refractivity contribution in [2.75, 3.05) is 13.7 Å². The Bertz CT molecular complexity index is 372. The number of nitrogens with one attached hydrogen (secondary N) is 1. The molecule has 0 bridgehead atoms. The van der Waals surface area contributed by atoms with Gasteiger partial charge < -0.3 is 10.1 Å². The van der Waals surface area contributed by atoms with E-state index < -0.39 is 5.60 Å². The van der Waals surface area contributed by atoms with Crippen LogP contribution < -0.4 is 5.32 Å². The van der Waals surface area contributed by atoms with Crippen LogP contribution in [-0.2, 0) is 10.3 Å². The van der Waals surface area contributed by atoms with Crippen molar-refractivity contribution >= 4 is 0 Å². The third-order valence-electron chi connectivity index (χ3n) is 3.25. The molecule has 4 heteroatoms. The van der Waals surface area contributed by atoms with Gasteiger partial charge >= 0.3 is 0 Å². The number of ether oxygens (including phenoxy) is 1. The highest BCUT2D eigenvalue weighted by molar-refractivity contribution is 5.19. The summed E-state index contributed by atoms with van der Waals surface area (Å²) in [5.74, 6) is -0.311. The standard InChI is InChI=1S/C12H17FN2O/c1-12(6-11(14-2)3-4-16-12)9-5-10(13)8-15-7-9/h5,7-8,11,14H,3-4,6H2,1-2H3. The summed E-state index contributed by atoms with van der Waals surface area (Å²) in [5.41, 5.74) is 0.383. The fourth-order valence-electron chi connectivity index (χ4n) is 2.21. The van der Waals surface area contributed by atoms with Gasteiger partial charge in [-0.3, -0.25) is 4.98 Å². The second-order valence-electron chi connectivity index (χ2n) is 4.45. The Balaban J connectivity index is 2.23. The van der Waals surface area contributed by atoms with E-state index in [2.05, 4.69) is 10.3 Å². The maximum atomic E-state index is 13.1. The summed E-state index contributed by atoms with van der Waals surface area (Å²) in [7, 11) is 1.94. The van der Waals surface area contributed by atoms with Gasteiger partial charge in [0.1, 0.15) is 5.82 Å². The molecule has 16 heavy (non-hydrogen) atoms. The van der Waals surface area contributed by atoms with Crippen LogP contribution in [-0.4, -0.2) is 24.7 Å². The van der Waals surface area contributed by atoms with Crippen molar-refractivity contribution in [3.05, 3.63) is 29.8 Å². The monoisotopic (exact) mass is 224 g/mol. The van der Waals surface area contributed by atoms with Crippen molar-refractivity contribution in [2.24, 2.45) is 0 Å². The first-order valence-corrected chi connectivity index (χ1v) is 5.56. The molecule has 1 aliphatic heterocycles. The highest BCUT2D eigenvalue weighted by atomic mass is 19.1. The lowest BCUT2D eigenvalue weighted by Crippen LogP contribution is -2.42. The number of pyridine rings is 1. The van der Waals surface area contributed by atoms with Gasteiger partial charge in [0, 0.05) is 24.4 Å². The normalized spacial score (nSPS) is 30.3. The highest BCUT2D eigenvalue weighted by Gasteiger charge is 2.34. The molecule has 2 heterocycles. The topological polar surface area (TPSA) is 34.1 Å². The van der Waals surface area contributed by atoms with E-state index >= 15 is 0 Å². The summed E-state index contributed by atoms with van der Waals surface area (Å²) in [5, 5.41) is 3.25. The highest BCUT2D eigenvalue weighted by Crippen LogP contribution is 2.34. The molecule has 2 rings (SSSR count). The van der Waals surface area contributed by atoms with Crippen LogP contribution in [0.5, 0.6) is 0 Å². The molecule has 0 radical (unpaired) electrons. The van der Waals surface area contributed by atoms with Crippen molar-refractivity contribution in [1.29, 1.82) is 0 Å². The summed E-state index contributed by atoms with van der Waals surface area (Å²) in [4.78, 5) is 3.88. The van der Waals surface area contributed by atoms with Crippen molar-refractivity contribution in [1.82, 2.24) is 10.3 Å². The van der Waals surface area contributed by atoms with Crippen molar-refractivity contribution in [3.63, 3.8) is 0 Å². The zero-order valence-electron chi connectivity index (χ0n) is 9.66. The Labute approximate surface area is 95.0 Å². The minimum Gasteiger partial charge on any atom is -0.370 e. The van der Waals surface area contributed by atoms with Crippen molar-refractivity contribution < 1.29 is 9.13 Å². The average Bonchev–Trinajstić information content (AvgIpc) is 2.29. The Hall–Kier alpha value is -1.00. The lowest BCUT2D eigenvalue weighted by molar-refractivity contribution is -0.0807. The van der Waals surface area contributed by atoms with E-state index in [1.165, 1.54) is 12.3 Å². The Kier molecular flexibility index (Phi) is 3.21. The zero-order chi connectivity index (χ0) is 11.6. The van der Waals surface area contributed by atoms with Gasteiger partial charge in [0.05, 0.1) is 11.8 Å². The molecule has 0 spiro atoms. The van der Waals surface area contributed by atoms with Crippen LogP contribution in [0.1, 0.15) is 25.3 Å². The molecule has 2 atom stereocenters. The molecule has 1 aliphatic rings. The second kappa shape index (κ2) is 4.47. The van der Waals surface area contributed by atoms with Gasteiger partial charge in [-0.25, -0.2) is 4.39 Å². The predicted octanol–water partition coefficient (Wildman–Crippen LogP) is 1.83. The maximum absolute atomic E-state index is 13.1. The molecule has 0 aliphatic carbocycles. The maximum Gasteiger partial charge on any atom is 0.141 e. The molecule has 1 N–H and O–H groups in total. The second-order valence-corrected chi connectivity index (χ2v) is 4.45. The Morgan fingerprint density at radius 3 is 3.06 bits per heavy atom. The molecule has 0 saturated carbocycles. The zero-order valence-corrected chi connectivity index (χ0v) is 9.66. The SMILES string of the molecule is CNC1CCOC(C)(c2cncc(F)c2)C1. The molecule has 88 valence electrons. The van der Waals surface area contributed by atoms with Crippen molar-refractivity contribution in [3.8, 4) is 0 Å². The van der Waals surface area contributed by atoms with E-state index in [0.29, 0.717) is 12.6 Å². The molecule has 0 aromatic carbocycles. The molecular weight excluding hydrogens is 207 g/mol. The first kappa shape index (κ1) is 11.5. The quantitative estimate of drug-likeness (QED) is 0.832. The first-order chi connectivity index (χ1) is 7.64. The molecule has 3 nitrogen and oxygen atoms in total. The third kappa shape index (κ3) is 2.23. The van der Waals surface area contributed by atoms with Crippen LogP contribution in [0.3, 0.4) is 0 Å². The summed E-state index contributed by atoms with van der Waals surface area (Å²) in [6.45, 7) is 2.69. The third-order valence-corrected chi connectivity index (χ3v) is 3.25. The Morgan fingerprint density at radius 1 is 1.56 bits per heavy atom. The lowest BCUT2D eigenvalue weighted by atomic mass is 9.86. The van der Waals surface area contributed by atoms with Crippen LogP contribution in [0.25, 0.3) is 0 Å². The minimum absolute atomic E-state index is 0.311. The van der Waals surface area contributed by atoms with Gasteiger partial charge in [0.15, 0.2) is 0 Å². The fraction of sp³-hybridized carbons (Fsp3) is 0.583. The number of aromatic nitrogens is 1. The van der Waals surface area contributed by atoms with E-state index in [1.807, 2.05) is 14.0 Å². The van der Waals surface area contributed by atoms with Gasteiger partial charge in [-0.05, 0) is 32.9 Å². The average molecular weight is 224 g/mol. The van der Waals surface area contributed by atoms with Gasteiger partial charge in [-0.15, -0.1) is 0 Å². The molecule has 1 fully saturated rings. The predicted molar refractivity (Wildman–Crippen MR) is 59.6 cm³/mol. The number of nitrogens with zero attached hydrogens (tertiary/aromatic N) is 1. The largest absolute Gasteiger partial charge is 0.370 e. The van der Waals surface area contributed by atoms with Gasteiger partial charge in [0.2, 0.25) is 0 Å². The number of hydrogen-bond acceptors (Lipinski definition) is 3. The minimum atomic E-state index is -0.430. The number of rotatable bonds is 2. The smallest absolute Gasteiger partial charge is 0.141 e. The van der Waals surface area contributed by atoms with Crippen molar-refractivity contribution in [2.45, 2.75) is 31.4 Å². The molecule has 1 saturated heterocycles. The van der Waals surface area contributed by atoms with E-state index in [1.54, 1.807) is 6.20 Å². The van der Waals surface area contributed by atoms with Gasteiger partial charge in [-0.1, -0.05) is 0 Å². The van der Waals surface area contributed by atoms with E-state index in [-0.39, 0.29) is 5.82 Å². The summed E-state index contributed by atoms with van der Waals surface area (Å²) in [6.07, 6.45) is 4.73. The summed E-state index contributed by atoms with van der Waals surface area (Å²) >= 11 is 0.